The van der Waals surface area contributed by atoms with E-state index in [-0.39, 0.29) is 11.5 Å². The third-order valence-corrected chi connectivity index (χ3v) is 3.21. The van der Waals surface area contributed by atoms with Gasteiger partial charge < -0.3 is 10.6 Å². The number of aromatic nitrogens is 2. The van der Waals surface area contributed by atoms with Crippen LogP contribution < -0.4 is 10.6 Å². The Labute approximate surface area is 126 Å². The second-order valence-corrected chi connectivity index (χ2v) is 4.62. The molecule has 0 amide bonds. The Balaban J connectivity index is 1.92. The topological polar surface area (TPSA) is 93.0 Å². The van der Waals surface area contributed by atoms with Gasteiger partial charge in [-0.05, 0) is 22.9 Å². The van der Waals surface area contributed by atoms with E-state index in [0.717, 1.165) is 16.5 Å². The molecular formula is C15H13N5O2. The Morgan fingerprint density at radius 1 is 1.14 bits per heavy atom. The van der Waals surface area contributed by atoms with Gasteiger partial charge >= 0.3 is 5.69 Å². The Hall–Kier alpha value is -3.22. The molecule has 0 aliphatic carbocycles. The minimum absolute atomic E-state index is 0.161. The second kappa shape index (κ2) is 5.65. The number of anilines is 3. The van der Waals surface area contributed by atoms with E-state index in [0.29, 0.717) is 5.95 Å². The van der Waals surface area contributed by atoms with Crippen LogP contribution in [0, 0.1) is 10.1 Å². The fourth-order valence-electron chi connectivity index (χ4n) is 2.15. The fourth-order valence-corrected chi connectivity index (χ4v) is 2.15. The van der Waals surface area contributed by atoms with E-state index in [1.54, 1.807) is 7.05 Å². The highest BCUT2D eigenvalue weighted by Crippen LogP contribution is 2.24. The van der Waals surface area contributed by atoms with Crippen molar-refractivity contribution in [2.24, 2.45) is 0 Å². The first kappa shape index (κ1) is 13.7. The highest BCUT2D eigenvalue weighted by molar-refractivity contribution is 5.86. The van der Waals surface area contributed by atoms with Gasteiger partial charge in [0.1, 0.15) is 6.20 Å². The zero-order valence-corrected chi connectivity index (χ0v) is 11.8. The van der Waals surface area contributed by atoms with Gasteiger partial charge in [-0.3, -0.25) is 10.1 Å². The number of nitrogens with one attached hydrogen (secondary N) is 2. The summed E-state index contributed by atoms with van der Waals surface area (Å²) in [4.78, 5) is 18.4. The molecule has 2 N–H and O–H groups in total. The zero-order valence-electron chi connectivity index (χ0n) is 11.8. The quantitative estimate of drug-likeness (QED) is 0.566. The van der Waals surface area contributed by atoms with Crippen LogP contribution in [0.2, 0.25) is 0 Å². The van der Waals surface area contributed by atoms with Gasteiger partial charge in [0, 0.05) is 12.7 Å². The molecule has 0 spiro atoms. The Morgan fingerprint density at radius 2 is 1.91 bits per heavy atom. The maximum atomic E-state index is 10.9. The van der Waals surface area contributed by atoms with Crippen molar-refractivity contribution in [3.8, 4) is 0 Å². The van der Waals surface area contributed by atoms with Gasteiger partial charge in [0.2, 0.25) is 11.8 Å². The monoisotopic (exact) mass is 295 g/mol. The van der Waals surface area contributed by atoms with Gasteiger partial charge in [0.25, 0.3) is 0 Å². The highest BCUT2D eigenvalue weighted by Gasteiger charge is 2.15. The second-order valence-electron chi connectivity index (χ2n) is 4.62. The summed E-state index contributed by atoms with van der Waals surface area (Å²) in [6, 6.07) is 13.9. The summed E-state index contributed by atoms with van der Waals surface area (Å²) in [5, 5.41) is 18.8. The first-order valence-electron chi connectivity index (χ1n) is 6.62. The highest BCUT2D eigenvalue weighted by atomic mass is 16.6. The largest absolute Gasteiger partial charge is 0.367 e. The molecule has 0 bridgehead atoms. The predicted octanol–water partition coefficient (Wildman–Crippen LogP) is 3.32. The number of benzene rings is 2. The van der Waals surface area contributed by atoms with Crippen LogP contribution in [0.5, 0.6) is 0 Å². The molecule has 22 heavy (non-hydrogen) atoms. The molecule has 0 fully saturated rings. The summed E-state index contributed by atoms with van der Waals surface area (Å²) in [5.41, 5.74) is 0.654. The summed E-state index contributed by atoms with van der Waals surface area (Å²) in [5.74, 6) is 0.466. The van der Waals surface area contributed by atoms with Crippen molar-refractivity contribution in [1.29, 1.82) is 0 Å². The van der Waals surface area contributed by atoms with E-state index in [4.69, 9.17) is 0 Å². The number of nitrogens with zero attached hydrogens (tertiary/aromatic N) is 3. The minimum atomic E-state index is -0.522. The lowest BCUT2D eigenvalue weighted by Gasteiger charge is -2.07. The summed E-state index contributed by atoms with van der Waals surface area (Å²) < 4.78 is 0. The molecular weight excluding hydrogens is 282 g/mol. The predicted molar refractivity (Wildman–Crippen MR) is 85.5 cm³/mol. The van der Waals surface area contributed by atoms with E-state index in [1.807, 2.05) is 42.5 Å². The van der Waals surface area contributed by atoms with Crippen LogP contribution in [0.3, 0.4) is 0 Å². The number of hydrogen-bond donors (Lipinski definition) is 2. The molecule has 0 aliphatic rings. The molecule has 0 unspecified atom stereocenters. The summed E-state index contributed by atoms with van der Waals surface area (Å²) in [6.07, 6.45) is 1.18. The first-order chi connectivity index (χ1) is 10.7. The Bertz CT molecular complexity index is 850. The van der Waals surface area contributed by atoms with E-state index < -0.39 is 4.92 Å². The molecule has 7 heteroatoms. The molecule has 3 rings (SSSR count). The number of hydrogen-bond acceptors (Lipinski definition) is 6. The van der Waals surface area contributed by atoms with Crippen molar-refractivity contribution >= 4 is 33.9 Å². The molecule has 0 saturated heterocycles. The SMILES string of the molecule is CNc1nc(Nc2ccc3ccccc3c2)ncc1[N+](=O)[O-]. The van der Waals surface area contributed by atoms with Crippen LogP contribution in [-0.4, -0.2) is 21.9 Å². The third-order valence-electron chi connectivity index (χ3n) is 3.21. The maximum Gasteiger partial charge on any atom is 0.329 e. The molecule has 3 aromatic rings. The van der Waals surface area contributed by atoms with Crippen LogP contribution in [0.15, 0.2) is 48.7 Å². The van der Waals surface area contributed by atoms with E-state index in [2.05, 4.69) is 20.6 Å². The molecule has 1 heterocycles. The van der Waals surface area contributed by atoms with E-state index in [1.165, 1.54) is 6.20 Å². The normalized spacial score (nSPS) is 10.4. The van der Waals surface area contributed by atoms with Gasteiger partial charge in [-0.15, -0.1) is 0 Å². The molecule has 0 saturated carbocycles. The zero-order chi connectivity index (χ0) is 15.5. The van der Waals surface area contributed by atoms with Crippen molar-refractivity contribution in [2.45, 2.75) is 0 Å². The average molecular weight is 295 g/mol. The van der Waals surface area contributed by atoms with Crippen molar-refractivity contribution in [2.75, 3.05) is 17.7 Å². The number of fused-ring (bicyclic) bond motifs is 1. The number of nitro groups is 1. The molecule has 1 aromatic heterocycles. The summed E-state index contributed by atoms with van der Waals surface area (Å²) >= 11 is 0. The summed E-state index contributed by atoms with van der Waals surface area (Å²) in [7, 11) is 1.58. The Morgan fingerprint density at radius 3 is 2.64 bits per heavy atom. The molecule has 110 valence electrons. The van der Waals surface area contributed by atoms with Gasteiger partial charge in [-0.2, -0.15) is 4.98 Å². The average Bonchev–Trinajstić information content (AvgIpc) is 2.54. The van der Waals surface area contributed by atoms with Crippen molar-refractivity contribution in [1.82, 2.24) is 9.97 Å². The van der Waals surface area contributed by atoms with E-state index in [9.17, 15) is 10.1 Å². The van der Waals surface area contributed by atoms with Gasteiger partial charge in [0.15, 0.2) is 0 Å². The molecule has 0 radical (unpaired) electrons. The van der Waals surface area contributed by atoms with Crippen molar-refractivity contribution in [3.63, 3.8) is 0 Å². The lowest BCUT2D eigenvalue weighted by atomic mass is 10.1. The van der Waals surface area contributed by atoms with Crippen LogP contribution in [0.4, 0.5) is 23.1 Å². The Kier molecular flexibility index (Phi) is 3.53. The van der Waals surface area contributed by atoms with Crippen molar-refractivity contribution in [3.05, 3.63) is 58.8 Å². The van der Waals surface area contributed by atoms with Crippen molar-refractivity contribution < 1.29 is 4.92 Å². The third kappa shape index (κ3) is 2.64. The van der Waals surface area contributed by atoms with Gasteiger partial charge in [-0.25, -0.2) is 4.98 Å². The van der Waals surface area contributed by atoms with Gasteiger partial charge in [0.05, 0.1) is 4.92 Å². The lowest BCUT2D eigenvalue weighted by Crippen LogP contribution is -2.04. The van der Waals surface area contributed by atoms with Gasteiger partial charge in [-0.1, -0.05) is 30.3 Å². The fraction of sp³-hybridized carbons (Fsp3) is 0.0667. The maximum absolute atomic E-state index is 10.9. The van der Waals surface area contributed by atoms with E-state index >= 15 is 0 Å². The smallest absolute Gasteiger partial charge is 0.329 e. The standard InChI is InChI=1S/C15H13N5O2/c1-16-14-13(20(21)22)9-17-15(19-14)18-12-7-6-10-4-2-3-5-11(10)8-12/h2-9H,1H3,(H2,16,17,18,19). The first-order valence-corrected chi connectivity index (χ1v) is 6.62. The molecule has 7 nitrogen and oxygen atoms in total. The van der Waals surface area contributed by atoms with Crippen LogP contribution >= 0.6 is 0 Å². The molecule has 0 atom stereocenters. The van der Waals surface area contributed by atoms with Crippen LogP contribution in [-0.2, 0) is 0 Å². The number of rotatable bonds is 4. The molecule has 2 aromatic carbocycles. The lowest BCUT2D eigenvalue weighted by molar-refractivity contribution is -0.384. The van der Waals surface area contributed by atoms with Crippen LogP contribution in [0.25, 0.3) is 10.8 Å². The minimum Gasteiger partial charge on any atom is -0.367 e. The molecule has 0 aliphatic heterocycles. The summed E-state index contributed by atoms with van der Waals surface area (Å²) in [6.45, 7) is 0. The van der Waals surface area contributed by atoms with Crippen LogP contribution in [0.1, 0.15) is 0 Å².